The number of aryl methyl sites for hydroxylation is 1. The Kier molecular flexibility index (Phi) is 3.65. The Balaban J connectivity index is 2.38. The maximum absolute atomic E-state index is 10.7. The highest BCUT2D eigenvalue weighted by molar-refractivity contribution is 5.76. The highest BCUT2D eigenvalue weighted by atomic mass is 16.4. The lowest BCUT2D eigenvalue weighted by Gasteiger charge is -2.16. The molecule has 1 heterocycles. The van der Waals surface area contributed by atoms with E-state index in [0.717, 1.165) is 23.3 Å². The first kappa shape index (κ1) is 12.6. The topological polar surface area (TPSA) is 55.1 Å². The normalized spacial score (nSPS) is 12.8. The molecule has 1 aromatic carbocycles. The fourth-order valence-electron chi connectivity index (χ4n) is 2.30. The van der Waals surface area contributed by atoms with Gasteiger partial charge in [0.1, 0.15) is 5.82 Å². The molecule has 0 bridgehead atoms. The second kappa shape index (κ2) is 5.21. The van der Waals surface area contributed by atoms with Gasteiger partial charge in [0.2, 0.25) is 0 Å². The maximum atomic E-state index is 10.7. The summed E-state index contributed by atoms with van der Waals surface area (Å²) in [5.41, 5.74) is 2.07. The van der Waals surface area contributed by atoms with E-state index in [1.807, 2.05) is 24.3 Å². The number of para-hydroxylation sites is 2. The lowest BCUT2D eigenvalue weighted by molar-refractivity contribution is -0.137. The first-order chi connectivity index (χ1) is 8.63. The van der Waals surface area contributed by atoms with Crippen molar-refractivity contribution >= 4 is 17.0 Å². The molecule has 2 aromatic rings. The van der Waals surface area contributed by atoms with Crippen molar-refractivity contribution in [3.63, 3.8) is 0 Å². The van der Waals surface area contributed by atoms with Crippen LogP contribution in [0.5, 0.6) is 0 Å². The fourth-order valence-corrected chi connectivity index (χ4v) is 2.30. The second-order valence-corrected chi connectivity index (χ2v) is 4.52. The summed E-state index contributed by atoms with van der Waals surface area (Å²) in [7, 11) is 0. The van der Waals surface area contributed by atoms with Crippen molar-refractivity contribution in [2.45, 2.75) is 39.2 Å². The molecule has 0 saturated carbocycles. The van der Waals surface area contributed by atoms with Crippen LogP contribution in [0.25, 0.3) is 11.0 Å². The van der Waals surface area contributed by atoms with Crippen molar-refractivity contribution in [1.29, 1.82) is 0 Å². The number of carboxylic acids is 1. The summed E-state index contributed by atoms with van der Waals surface area (Å²) in [6, 6.07) is 8.15. The van der Waals surface area contributed by atoms with E-state index in [4.69, 9.17) is 5.11 Å². The van der Waals surface area contributed by atoms with Gasteiger partial charge in [0, 0.05) is 18.9 Å². The van der Waals surface area contributed by atoms with Crippen LogP contribution in [-0.2, 0) is 11.2 Å². The first-order valence-corrected chi connectivity index (χ1v) is 6.31. The summed E-state index contributed by atoms with van der Waals surface area (Å²) in [5.74, 6) is 0.276. The van der Waals surface area contributed by atoms with Crippen molar-refractivity contribution in [3.05, 3.63) is 30.1 Å². The van der Waals surface area contributed by atoms with E-state index in [2.05, 4.69) is 23.4 Å². The number of rotatable bonds is 5. The zero-order valence-corrected chi connectivity index (χ0v) is 10.8. The van der Waals surface area contributed by atoms with Crippen LogP contribution < -0.4 is 0 Å². The minimum absolute atomic E-state index is 0.156. The summed E-state index contributed by atoms with van der Waals surface area (Å²) in [4.78, 5) is 15.3. The van der Waals surface area contributed by atoms with Crippen LogP contribution >= 0.6 is 0 Å². The van der Waals surface area contributed by atoms with Gasteiger partial charge in [-0.3, -0.25) is 4.79 Å². The minimum Gasteiger partial charge on any atom is -0.481 e. The van der Waals surface area contributed by atoms with Gasteiger partial charge in [0.15, 0.2) is 0 Å². The molecular formula is C14H18N2O2. The Morgan fingerprint density at radius 2 is 2.17 bits per heavy atom. The monoisotopic (exact) mass is 246 g/mol. The average Bonchev–Trinajstić information content (AvgIpc) is 2.74. The molecule has 0 aliphatic carbocycles. The molecule has 1 atom stereocenters. The molecule has 0 aliphatic heterocycles. The van der Waals surface area contributed by atoms with Crippen molar-refractivity contribution < 1.29 is 9.90 Å². The van der Waals surface area contributed by atoms with Gasteiger partial charge >= 0.3 is 5.97 Å². The van der Waals surface area contributed by atoms with E-state index in [1.54, 1.807) is 0 Å². The van der Waals surface area contributed by atoms with Gasteiger partial charge in [-0.25, -0.2) is 4.98 Å². The predicted molar refractivity (Wildman–Crippen MR) is 70.7 cm³/mol. The summed E-state index contributed by atoms with van der Waals surface area (Å²) in [5, 5.41) is 8.77. The molecule has 4 nitrogen and oxygen atoms in total. The minimum atomic E-state index is -0.746. The molecule has 18 heavy (non-hydrogen) atoms. The predicted octanol–water partition coefficient (Wildman–Crippen LogP) is 3.02. The third-order valence-corrected chi connectivity index (χ3v) is 3.20. The highest BCUT2D eigenvalue weighted by Crippen LogP contribution is 2.24. The lowest BCUT2D eigenvalue weighted by atomic mass is 10.1. The van der Waals surface area contributed by atoms with E-state index in [0.29, 0.717) is 6.42 Å². The summed E-state index contributed by atoms with van der Waals surface area (Å²) in [6.45, 7) is 4.12. The molecular weight excluding hydrogens is 228 g/mol. The number of fused-ring (bicyclic) bond motifs is 1. The molecule has 0 radical (unpaired) electrons. The van der Waals surface area contributed by atoms with E-state index in [9.17, 15) is 4.79 Å². The van der Waals surface area contributed by atoms with Crippen LogP contribution in [0.1, 0.15) is 38.6 Å². The molecule has 0 spiro atoms. The maximum Gasteiger partial charge on any atom is 0.303 e. The molecule has 2 rings (SSSR count). The Morgan fingerprint density at radius 3 is 2.83 bits per heavy atom. The van der Waals surface area contributed by atoms with Crippen molar-refractivity contribution in [1.82, 2.24) is 9.55 Å². The number of aliphatic carboxylic acids is 1. The third kappa shape index (κ3) is 2.37. The largest absolute Gasteiger partial charge is 0.481 e. The molecule has 1 aromatic heterocycles. The Morgan fingerprint density at radius 1 is 1.44 bits per heavy atom. The molecule has 0 fully saturated rings. The Labute approximate surface area is 106 Å². The SMILES string of the molecule is CCc1nc2ccccc2n1C(C)CCC(=O)O. The van der Waals surface area contributed by atoms with Gasteiger partial charge < -0.3 is 9.67 Å². The smallest absolute Gasteiger partial charge is 0.303 e. The number of nitrogens with zero attached hydrogens (tertiary/aromatic N) is 2. The van der Waals surface area contributed by atoms with Crippen molar-refractivity contribution in [2.24, 2.45) is 0 Å². The van der Waals surface area contributed by atoms with Gasteiger partial charge in [-0.2, -0.15) is 0 Å². The lowest BCUT2D eigenvalue weighted by Crippen LogP contribution is -2.10. The summed E-state index contributed by atoms with van der Waals surface area (Å²) in [6.07, 6.45) is 1.67. The first-order valence-electron chi connectivity index (χ1n) is 6.31. The average molecular weight is 246 g/mol. The van der Waals surface area contributed by atoms with Crippen LogP contribution in [0.3, 0.4) is 0 Å². The standard InChI is InChI=1S/C14H18N2O2/c1-3-13-15-11-6-4-5-7-12(11)16(13)10(2)8-9-14(17)18/h4-7,10H,3,8-9H2,1-2H3,(H,17,18). The number of hydrogen-bond donors (Lipinski definition) is 1. The number of hydrogen-bond acceptors (Lipinski definition) is 2. The zero-order chi connectivity index (χ0) is 13.1. The summed E-state index contributed by atoms with van der Waals surface area (Å²) >= 11 is 0. The number of benzene rings is 1. The van der Waals surface area contributed by atoms with Crippen LogP contribution in [0.4, 0.5) is 0 Å². The molecule has 0 aliphatic rings. The number of aromatic nitrogens is 2. The van der Waals surface area contributed by atoms with Crippen LogP contribution in [0.2, 0.25) is 0 Å². The molecule has 1 N–H and O–H groups in total. The van der Waals surface area contributed by atoms with Crippen LogP contribution in [0, 0.1) is 0 Å². The number of imidazole rings is 1. The molecule has 4 heteroatoms. The van der Waals surface area contributed by atoms with Gasteiger partial charge in [0.05, 0.1) is 11.0 Å². The van der Waals surface area contributed by atoms with Gasteiger partial charge in [-0.1, -0.05) is 19.1 Å². The number of carboxylic acid groups (broad SMARTS) is 1. The van der Waals surface area contributed by atoms with E-state index >= 15 is 0 Å². The summed E-state index contributed by atoms with van der Waals surface area (Å²) < 4.78 is 2.16. The number of carbonyl (C=O) groups is 1. The van der Waals surface area contributed by atoms with Crippen LogP contribution in [0.15, 0.2) is 24.3 Å². The van der Waals surface area contributed by atoms with Gasteiger partial charge in [0.25, 0.3) is 0 Å². The van der Waals surface area contributed by atoms with E-state index in [1.165, 1.54) is 0 Å². The van der Waals surface area contributed by atoms with E-state index in [-0.39, 0.29) is 12.5 Å². The highest BCUT2D eigenvalue weighted by Gasteiger charge is 2.15. The quantitative estimate of drug-likeness (QED) is 0.882. The third-order valence-electron chi connectivity index (χ3n) is 3.20. The van der Waals surface area contributed by atoms with Crippen molar-refractivity contribution in [2.75, 3.05) is 0 Å². The van der Waals surface area contributed by atoms with E-state index < -0.39 is 5.97 Å². The second-order valence-electron chi connectivity index (χ2n) is 4.52. The molecule has 0 amide bonds. The fraction of sp³-hybridized carbons (Fsp3) is 0.429. The molecule has 96 valence electrons. The van der Waals surface area contributed by atoms with Gasteiger partial charge in [-0.05, 0) is 25.5 Å². The molecule has 1 unspecified atom stereocenters. The Bertz CT molecular complexity index is 560. The molecule has 0 saturated heterocycles. The van der Waals surface area contributed by atoms with Crippen molar-refractivity contribution in [3.8, 4) is 0 Å². The van der Waals surface area contributed by atoms with Gasteiger partial charge in [-0.15, -0.1) is 0 Å². The Hall–Kier alpha value is -1.84. The zero-order valence-electron chi connectivity index (χ0n) is 10.8. The van der Waals surface area contributed by atoms with Crippen LogP contribution in [-0.4, -0.2) is 20.6 Å².